The van der Waals surface area contributed by atoms with E-state index < -0.39 is 5.60 Å². The Hall–Kier alpha value is -3.00. The first-order chi connectivity index (χ1) is 11.4. The Balaban J connectivity index is 2.37. The van der Waals surface area contributed by atoms with Gasteiger partial charge in [-0.25, -0.2) is 0 Å². The van der Waals surface area contributed by atoms with Gasteiger partial charge in [0.25, 0.3) is 5.56 Å². The van der Waals surface area contributed by atoms with Crippen LogP contribution in [-0.2, 0) is 0 Å². The molecule has 2 aromatic rings. The maximum Gasteiger partial charge on any atom is 0.297 e. The number of hydrogen-bond donors (Lipinski definition) is 0. The highest BCUT2D eigenvalue weighted by Crippen LogP contribution is 2.41. The summed E-state index contributed by atoms with van der Waals surface area (Å²) in [5.74, 6) is 0.911. The van der Waals surface area contributed by atoms with Gasteiger partial charge in [0.15, 0.2) is 5.75 Å². The Bertz CT molecular complexity index is 946. The quantitative estimate of drug-likeness (QED) is 0.852. The minimum atomic E-state index is -0.570. The lowest BCUT2D eigenvalue weighted by atomic mass is 9.90. The Kier molecular flexibility index (Phi) is 3.69. The molecular formula is C19H18N2O3. The van der Waals surface area contributed by atoms with Gasteiger partial charge in [0.1, 0.15) is 11.4 Å². The monoisotopic (exact) mass is 322 g/mol. The van der Waals surface area contributed by atoms with Gasteiger partial charge >= 0.3 is 0 Å². The summed E-state index contributed by atoms with van der Waals surface area (Å²) in [5.41, 5.74) is 2.04. The molecule has 3 rings (SSSR count). The predicted octanol–water partition coefficient (Wildman–Crippen LogP) is 3.18. The van der Waals surface area contributed by atoms with Crippen molar-refractivity contribution in [3.05, 3.63) is 63.6 Å². The van der Waals surface area contributed by atoms with Crippen LogP contribution in [0.4, 0.5) is 0 Å². The third-order valence-corrected chi connectivity index (χ3v) is 4.36. The van der Waals surface area contributed by atoms with E-state index in [9.17, 15) is 10.1 Å². The summed E-state index contributed by atoms with van der Waals surface area (Å²) < 4.78 is 12.8. The van der Waals surface area contributed by atoms with Crippen molar-refractivity contribution in [3.8, 4) is 17.6 Å². The summed E-state index contributed by atoms with van der Waals surface area (Å²) in [5, 5.41) is 9.21. The van der Waals surface area contributed by atoms with E-state index in [-0.39, 0.29) is 11.3 Å². The fourth-order valence-electron chi connectivity index (χ4n) is 2.83. The van der Waals surface area contributed by atoms with Gasteiger partial charge in [0, 0.05) is 11.8 Å². The van der Waals surface area contributed by atoms with Crippen LogP contribution in [0.15, 0.2) is 46.9 Å². The van der Waals surface area contributed by atoms with E-state index in [2.05, 4.69) is 6.07 Å². The Labute approximate surface area is 140 Å². The molecule has 0 amide bonds. The molecule has 0 bridgehead atoms. The highest BCUT2D eigenvalue weighted by molar-refractivity contribution is 5.77. The van der Waals surface area contributed by atoms with Crippen LogP contribution >= 0.6 is 0 Å². The van der Waals surface area contributed by atoms with E-state index in [0.29, 0.717) is 11.3 Å². The van der Waals surface area contributed by atoms with Crippen LogP contribution in [0.3, 0.4) is 0 Å². The van der Waals surface area contributed by atoms with Crippen molar-refractivity contribution >= 4 is 5.70 Å². The first kappa shape index (κ1) is 15.9. The second kappa shape index (κ2) is 5.57. The van der Waals surface area contributed by atoms with Crippen LogP contribution < -0.4 is 15.0 Å². The number of nitrogens with zero attached hydrogens (tertiary/aromatic N) is 2. The van der Waals surface area contributed by atoms with Gasteiger partial charge in [-0.05, 0) is 56.7 Å². The first-order valence-electron chi connectivity index (χ1n) is 7.60. The van der Waals surface area contributed by atoms with E-state index >= 15 is 0 Å². The lowest BCUT2D eigenvalue weighted by Gasteiger charge is -2.36. The van der Waals surface area contributed by atoms with Crippen LogP contribution in [-0.4, -0.2) is 17.3 Å². The smallest absolute Gasteiger partial charge is 0.297 e. The molecule has 0 atom stereocenters. The van der Waals surface area contributed by atoms with E-state index in [1.807, 2.05) is 20.8 Å². The van der Waals surface area contributed by atoms with Crippen molar-refractivity contribution < 1.29 is 9.47 Å². The molecule has 122 valence electrons. The number of benzene rings is 1. The van der Waals surface area contributed by atoms with Crippen LogP contribution in [0, 0.1) is 11.3 Å². The third-order valence-electron chi connectivity index (χ3n) is 4.36. The highest BCUT2D eigenvalue weighted by atomic mass is 16.5. The number of nitriles is 1. The summed E-state index contributed by atoms with van der Waals surface area (Å²) in [6.07, 6.45) is 1.70. The number of rotatable bonds is 2. The largest absolute Gasteiger partial charge is 0.491 e. The Morgan fingerprint density at radius 3 is 2.71 bits per heavy atom. The van der Waals surface area contributed by atoms with Crippen LogP contribution in [0.5, 0.6) is 11.5 Å². The first-order valence-corrected chi connectivity index (χ1v) is 7.60. The van der Waals surface area contributed by atoms with Gasteiger partial charge in [-0.1, -0.05) is 0 Å². The van der Waals surface area contributed by atoms with Crippen molar-refractivity contribution in [3.63, 3.8) is 0 Å². The van der Waals surface area contributed by atoms with Crippen molar-refractivity contribution in [1.29, 1.82) is 5.26 Å². The molecule has 1 aromatic heterocycles. The average Bonchev–Trinajstić information content (AvgIpc) is 2.56. The number of aromatic nitrogens is 1. The third kappa shape index (κ3) is 2.37. The maximum atomic E-state index is 12.7. The molecule has 0 fully saturated rings. The minimum Gasteiger partial charge on any atom is -0.491 e. The van der Waals surface area contributed by atoms with Gasteiger partial charge in [-0.15, -0.1) is 0 Å². The molecular weight excluding hydrogens is 304 g/mol. The number of ether oxygens (including phenoxy) is 2. The van der Waals surface area contributed by atoms with E-state index in [1.165, 1.54) is 7.11 Å². The fraction of sp³-hybridized carbons (Fsp3) is 0.263. The summed E-state index contributed by atoms with van der Waals surface area (Å²) in [6.45, 7) is 5.84. The fourth-order valence-corrected chi connectivity index (χ4v) is 2.83. The van der Waals surface area contributed by atoms with Gasteiger partial charge in [-0.2, -0.15) is 5.26 Å². The van der Waals surface area contributed by atoms with Crippen molar-refractivity contribution in [1.82, 2.24) is 4.57 Å². The van der Waals surface area contributed by atoms with Crippen molar-refractivity contribution in [2.45, 2.75) is 26.4 Å². The minimum absolute atomic E-state index is 0.250. The number of fused-ring (bicyclic) bond motifs is 1. The molecule has 24 heavy (non-hydrogen) atoms. The van der Waals surface area contributed by atoms with Gasteiger partial charge < -0.3 is 9.47 Å². The zero-order valence-electron chi connectivity index (χ0n) is 14.1. The maximum absolute atomic E-state index is 12.7. The van der Waals surface area contributed by atoms with E-state index in [0.717, 1.165) is 16.8 Å². The van der Waals surface area contributed by atoms with Gasteiger partial charge in [-0.3, -0.25) is 9.36 Å². The summed E-state index contributed by atoms with van der Waals surface area (Å²) in [6, 6.07) is 10.7. The van der Waals surface area contributed by atoms with Crippen LogP contribution in [0.25, 0.3) is 5.70 Å². The number of pyridine rings is 1. The predicted molar refractivity (Wildman–Crippen MR) is 91.1 cm³/mol. The zero-order chi connectivity index (χ0) is 17.5. The highest BCUT2D eigenvalue weighted by Gasteiger charge is 2.33. The van der Waals surface area contributed by atoms with E-state index in [4.69, 9.17) is 9.47 Å². The van der Waals surface area contributed by atoms with Crippen molar-refractivity contribution in [2.24, 2.45) is 0 Å². The second-order valence-electron chi connectivity index (χ2n) is 6.16. The molecule has 5 nitrogen and oxygen atoms in total. The normalized spacial score (nSPS) is 15.3. The number of methoxy groups -OCH3 is 1. The molecule has 0 aliphatic carbocycles. The van der Waals surface area contributed by atoms with Gasteiger partial charge in [0.05, 0.1) is 24.4 Å². The lowest BCUT2D eigenvalue weighted by molar-refractivity contribution is 0.143. The summed E-state index contributed by atoms with van der Waals surface area (Å²) in [7, 11) is 1.47. The average molecular weight is 322 g/mol. The molecule has 5 heteroatoms. The molecule has 0 saturated heterocycles. The van der Waals surface area contributed by atoms with E-state index in [1.54, 1.807) is 41.1 Å². The molecule has 0 saturated carbocycles. The Morgan fingerprint density at radius 1 is 1.29 bits per heavy atom. The molecule has 0 N–H and O–H groups in total. The lowest BCUT2D eigenvalue weighted by Crippen LogP contribution is -2.36. The molecule has 0 radical (unpaired) electrons. The topological polar surface area (TPSA) is 64.2 Å². The van der Waals surface area contributed by atoms with Gasteiger partial charge in [0.2, 0.25) is 0 Å². The Morgan fingerprint density at radius 2 is 2.04 bits per heavy atom. The molecule has 1 aliphatic rings. The van der Waals surface area contributed by atoms with Crippen LogP contribution in [0.1, 0.15) is 31.9 Å². The standard InChI is InChI=1S/C19H18N2O3/c1-12-17(21-9-5-6-16(23-4)18(21)22)14-10-13(11-20)7-8-15(14)24-19(12,2)3/h5-10H,1-4H3. The molecule has 2 heterocycles. The zero-order valence-corrected chi connectivity index (χ0v) is 14.1. The van der Waals surface area contributed by atoms with Crippen molar-refractivity contribution in [2.75, 3.05) is 7.11 Å². The second-order valence-corrected chi connectivity index (χ2v) is 6.16. The van der Waals surface area contributed by atoms with Crippen LogP contribution in [0.2, 0.25) is 0 Å². The molecule has 1 aliphatic heterocycles. The summed E-state index contributed by atoms with van der Waals surface area (Å²) in [4.78, 5) is 12.7. The number of hydrogen-bond acceptors (Lipinski definition) is 4. The summed E-state index contributed by atoms with van der Waals surface area (Å²) >= 11 is 0. The molecule has 0 unspecified atom stereocenters. The molecule has 0 spiro atoms. The SMILES string of the molecule is COc1cccn(C2=C(C)C(C)(C)Oc3ccc(C#N)cc32)c1=O. The molecule has 1 aromatic carbocycles.